The molecule has 3 amide bonds. The van der Waals surface area contributed by atoms with Gasteiger partial charge in [0.2, 0.25) is 5.91 Å². The minimum Gasteiger partial charge on any atom is -0.351 e. The van der Waals surface area contributed by atoms with E-state index in [0.717, 1.165) is 6.54 Å². The molecule has 0 saturated heterocycles. The molecule has 92 valence electrons. The number of carbonyl (C=O) groups excluding carboxylic acids is 2. The number of hydrogen-bond acceptors (Lipinski definition) is 3. The summed E-state index contributed by atoms with van der Waals surface area (Å²) in [5.74, 6) is 0.363. The van der Waals surface area contributed by atoms with E-state index in [1.165, 1.54) is 25.7 Å². The van der Waals surface area contributed by atoms with Gasteiger partial charge in [-0.15, -0.1) is 0 Å². The lowest BCUT2D eigenvalue weighted by Gasteiger charge is -2.25. The highest BCUT2D eigenvalue weighted by Crippen LogP contribution is 2.25. The van der Waals surface area contributed by atoms with Crippen LogP contribution in [-0.2, 0) is 4.79 Å². The largest absolute Gasteiger partial charge is 0.351 e. The molecule has 0 bridgehead atoms. The summed E-state index contributed by atoms with van der Waals surface area (Å²) in [4.78, 5) is 24.0. The van der Waals surface area contributed by atoms with Crippen LogP contribution in [0.15, 0.2) is 0 Å². The number of imide groups is 1. The van der Waals surface area contributed by atoms with Crippen LogP contribution in [0.5, 0.6) is 0 Å². The van der Waals surface area contributed by atoms with Crippen LogP contribution in [0.1, 0.15) is 32.6 Å². The fourth-order valence-electron chi connectivity index (χ4n) is 2.18. The number of nitrogens with one attached hydrogen (secondary N) is 1. The fraction of sp³-hybridized carbons (Fsp3) is 0.818. The molecule has 5 heteroatoms. The second-order valence-electron chi connectivity index (χ2n) is 4.62. The van der Waals surface area contributed by atoms with E-state index >= 15 is 0 Å². The highest BCUT2D eigenvalue weighted by molar-refractivity contribution is 5.96. The van der Waals surface area contributed by atoms with Crippen molar-refractivity contribution in [3.05, 3.63) is 0 Å². The third-order valence-corrected chi connectivity index (χ3v) is 3.31. The van der Waals surface area contributed by atoms with Gasteiger partial charge in [0.05, 0.1) is 6.04 Å². The Hall–Kier alpha value is -1.10. The van der Waals surface area contributed by atoms with Gasteiger partial charge in [-0.25, -0.2) is 4.79 Å². The number of carbonyl (C=O) groups is 2. The van der Waals surface area contributed by atoms with Gasteiger partial charge in [0.15, 0.2) is 0 Å². The van der Waals surface area contributed by atoms with E-state index in [0.29, 0.717) is 5.92 Å². The number of nitrogens with two attached hydrogens (primary N) is 1. The van der Waals surface area contributed by atoms with Gasteiger partial charge in [0.1, 0.15) is 0 Å². The molecule has 3 N–H and O–H groups in total. The van der Waals surface area contributed by atoms with Crippen LogP contribution in [-0.4, -0.2) is 36.5 Å². The molecule has 1 atom stereocenters. The first-order chi connectivity index (χ1) is 7.50. The molecule has 16 heavy (non-hydrogen) atoms. The highest BCUT2D eigenvalue weighted by atomic mass is 16.2. The Balaban J connectivity index is 2.36. The molecule has 0 aromatic heterocycles. The minimum absolute atomic E-state index is 0.312. The summed E-state index contributed by atoms with van der Waals surface area (Å²) in [6.07, 6.45) is 5.07. The van der Waals surface area contributed by atoms with Crippen LogP contribution in [0.3, 0.4) is 0 Å². The standard InChI is InChI=1S/C11H21N3O2/c1-8(10(15)13-11(12)16)14(2)7-9-5-3-4-6-9/h8-9H,3-7H2,1-2H3,(H3,12,13,15,16)/t8-/m0/s1. The van der Waals surface area contributed by atoms with E-state index < -0.39 is 6.03 Å². The maximum atomic E-state index is 11.5. The normalized spacial score (nSPS) is 18.7. The summed E-state index contributed by atoms with van der Waals surface area (Å²) in [5.41, 5.74) is 4.91. The van der Waals surface area contributed by atoms with Crippen molar-refractivity contribution in [3.63, 3.8) is 0 Å². The lowest BCUT2D eigenvalue weighted by Crippen LogP contribution is -2.48. The predicted octanol–water partition coefficient (Wildman–Crippen LogP) is 0.692. The van der Waals surface area contributed by atoms with E-state index in [2.05, 4.69) is 5.32 Å². The van der Waals surface area contributed by atoms with Crippen LogP contribution >= 0.6 is 0 Å². The maximum absolute atomic E-state index is 11.5. The van der Waals surface area contributed by atoms with Crippen molar-refractivity contribution < 1.29 is 9.59 Å². The van der Waals surface area contributed by atoms with Crippen molar-refractivity contribution in [1.82, 2.24) is 10.2 Å². The van der Waals surface area contributed by atoms with Gasteiger partial charge in [-0.3, -0.25) is 15.0 Å². The van der Waals surface area contributed by atoms with E-state index in [1.807, 2.05) is 11.9 Å². The molecule has 0 spiro atoms. The quantitative estimate of drug-likeness (QED) is 0.742. The van der Waals surface area contributed by atoms with Crippen LogP contribution in [0.2, 0.25) is 0 Å². The summed E-state index contributed by atoms with van der Waals surface area (Å²) >= 11 is 0. The zero-order valence-corrected chi connectivity index (χ0v) is 10.0. The van der Waals surface area contributed by atoms with Crippen LogP contribution in [0.25, 0.3) is 0 Å². The number of primary amides is 1. The molecule has 0 aromatic rings. The van der Waals surface area contributed by atoms with E-state index in [-0.39, 0.29) is 11.9 Å². The number of rotatable bonds is 4. The number of amides is 3. The Morgan fingerprint density at radius 2 is 2.00 bits per heavy atom. The fourth-order valence-corrected chi connectivity index (χ4v) is 2.18. The Morgan fingerprint density at radius 1 is 1.44 bits per heavy atom. The zero-order valence-electron chi connectivity index (χ0n) is 10.0. The second kappa shape index (κ2) is 5.84. The van der Waals surface area contributed by atoms with E-state index in [9.17, 15) is 9.59 Å². The molecule has 0 radical (unpaired) electrons. The molecule has 0 aliphatic heterocycles. The second-order valence-corrected chi connectivity index (χ2v) is 4.62. The smallest absolute Gasteiger partial charge is 0.318 e. The van der Waals surface area contributed by atoms with Gasteiger partial charge in [0.25, 0.3) is 0 Å². The Kier molecular flexibility index (Phi) is 4.73. The van der Waals surface area contributed by atoms with Crippen LogP contribution in [0.4, 0.5) is 4.79 Å². The van der Waals surface area contributed by atoms with Crippen molar-refractivity contribution in [2.75, 3.05) is 13.6 Å². The third kappa shape index (κ3) is 3.81. The topological polar surface area (TPSA) is 75.4 Å². The van der Waals surface area contributed by atoms with Crippen molar-refractivity contribution in [3.8, 4) is 0 Å². The first-order valence-corrected chi connectivity index (χ1v) is 5.81. The number of urea groups is 1. The average molecular weight is 227 g/mol. The molecular weight excluding hydrogens is 206 g/mol. The van der Waals surface area contributed by atoms with Gasteiger partial charge >= 0.3 is 6.03 Å². The number of hydrogen-bond donors (Lipinski definition) is 2. The first-order valence-electron chi connectivity index (χ1n) is 5.81. The summed E-state index contributed by atoms with van der Waals surface area (Å²) < 4.78 is 0. The summed E-state index contributed by atoms with van der Waals surface area (Å²) in [6.45, 7) is 2.70. The molecule has 5 nitrogen and oxygen atoms in total. The van der Waals surface area contributed by atoms with Crippen molar-refractivity contribution in [2.24, 2.45) is 11.7 Å². The molecule has 1 aliphatic rings. The van der Waals surface area contributed by atoms with Gasteiger partial charge in [0, 0.05) is 6.54 Å². The van der Waals surface area contributed by atoms with Gasteiger partial charge in [-0.05, 0) is 32.7 Å². The molecule has 1 aliphatic carbocycles. The first kappa shape index (κ1) is 13.0. The van der Waals surface area contributed by atoms with Crippen molar-refractivity contribution in [2.45, 2.75) is 38.6 Å². The summed E-state index contributed by atoms with van der Waals surface area (Å²) in [5, 5.41) is 2.11. The van der Waals surface area contributed by atoms with Crippen molar-refractivity contribution in [1.29, 1.82) is 0 Å². The summed E-state index contributed by atoms with van der Waals surface area (Å²) in [6, 6.07) is -1.10. The number of likely N-dealkylation sites (N-methyl/N-ethyl adjacent to an activating group) is 1. The molecular formula is C11H21N3O2. The summed E-state index contributed by atoms with van der Waals surface area (Å²) in [7, 11) is 1.91. The van der Waals surface area contributed by atoms with Gasteiger partial charge < -0.3 is 5.73 Å². The zero-order chi connectivity index (χ0) is 12.1. The minimum atomic E-state index is -0.786. The highest BCUT2D eigenvalue weighted by Gasteiger charge is 2.23. The Labute approximate surface area is 96.4 Å². The van der Waals surface area contributed by atoms with Crippen LogP contribution < -0.4 is 11.1 Å². The lowest BCUT2D eigenvalue weighted by atomic mass is 10.1. The predicted molar refractivity (Wildman–Crippen MR) is 61.8 cm³/mol. The van der Waals surface area contributed by atoms with Crippen LogP contribution in [0, 0.1) is 5.92 Å². The Bertz CT molecular complexity index is 262. The van der Waals surface area contributed by atoms with Crippen molar-refractivity contribution >= 4 is 11.9 Å². The third-order valence-electron chi connectivity index (χ3n) is 3.31. The Morgan fingerprint density at radius 3 is 2.50 bits per heavy atom. The lowest BCUT2D eigenvalue weighted by molar-refractivity contribution is -0.124. The molecule has 1 fully saturated rings. The maximum Gasteiger partial charge on any atom is 0.318 e. The molecule has 0 aromatic carbocycles. The molecule has 1 rings (SSSR count). The molecule has 1 saturated carbocycles. The van der Waals surface area contributed by atoms with Gasteiger partial charge in [-0.1, -0.05) is 12.8 Å². The molecule has 0 unspecified atom stereocenters. The molecule has 0 heterocycles. The van der Waals surface area contributed by atoms with Gasteiger partial charge in [-0.2, -0.15) is 0 Å². The average Bonchev–Trinajstić information content (AvgIpc) is 2.68. The number of nitrogens with zero attached hydrogens (tertiary/aromatic N) is 1. The SMILES string of the molecule is C[C@@H](C(=O)NC(N)=O)N(C)CC1CCCC1. The van der Waals surface area contributed by atoms with E-state index in [4.69, 9.17) is 5.73 Å². The monoisotopic (exact) mass is 227 g/mol. The van der Waals surface area contributed by atoms with E-state index in [1.54, 1.807) is 6.92 Å².